The largest absolute Gasteiger partial charge is 0.359 e. The maximum absolute atomic E-state index is 11.3. The number of nitrogens with one attached hydrogen (secondary N) is 2. The fourth-order valence-electron chi connectivity index (χ4n) is 1.01. The second-order valence-electron chi connectivity index (χ2n) is 3.36. The zero-order chi connectivity index (χ0) is 11.7. The molecule has 0 radical (unpaired) electrons. The van der Waals surface area contributed by atoms with Gasteiger partial charge < -0.3 is 15.5 Å². The first kappa shape index (κ1) is 13.9. The van der Waals surface area contributed by atoms with E-state index in [-0.39, 0.29) is 11.8 Å². The van der Waals surface area contributed by atoms with Crippen LogP contribution in [0.25, 0.3) is 0 Å². The van der Waals surface area contributed by atoms with E-state index in [2.05, 4.69) is 10.6 Å². The molecule has 5 nitrogen and oxygen atoms in total. The number of carbonyl (C=O) groups excluding carboxylic acids is 2. The summed E-state index contributed by atoms with van der Waals surface area (Å²) in [7, 11) is 3.39. The van der Waals surface area contributed by atoms with Gasteiger partial charge in [0.05, 0.1) is 6.54 Å². The summed E-state index contributed by atoms with van der Waals surface area (Å²) in [5, 5.41) is 5.56. The van der Waals surface area contributed by atoms with Crippen LogP contribution in [0.15, 0.2) is 0 Å². The van der Waals surface area contributed by atoms with Crippen LogP contribution in [0.4, 0.5) is 0 Å². The van der Waals surface area contributed by atoms with E-state index in [0.29, 0.717) is 19.5 Å². The summed E-state index contributed by atoms with van der Waals surface area (Å²) in [5.74, 6) is 0.117. The van der Waals surface area contributed by atoms with Crippen LogP contribution in [0.3, 0.4) is 0 Å². The number of nitrogens with zero attached hydrogens (tertiary/aromatic N) is 1. The summed E-state index contributed by atoms with van der Waals surface area (Å²) in [6, 6.07) is 0. The molecule has 0 unspecified atom stereocenters. The van der Waals surface area contributed by atoms with Crippen molar-refractivity contribution in [1.29, 1.82) is 0 Å². The highest BCUT2D eigenvalue weighted by Crippen LogP contribution is 1.87. The molecular weight excluding hydrogens is 194 g/mol. The normalized spacial score (nSPS) is 9.80. The zero-order valence-corrected chi connectivity index (χ0v) is 9.80. The molecule has 2 amide bonds. The minimum Gasteiger partial charge on any atom is -0.359 e. The van der Waals surface area contributed by atoms with Gasteiger partial charge in [0.2, 0.25) is 11.8 Å². The Bertz CT molecular complexity index is 207. The first-order chi connectivity index (χ1) is 7.11. The number of likely N-dealkylation sites (N-methyl/N-ethyl adjacent to an activating group) is 1. The Morgan fingerprint density at radius 2 is 2.00 bits per heavy atom. The van der Waals surface area contributed by atoms with Crippen LogP contribution in [0.5, 0.6) is 0 Å². The van der Waals surface area contributed by atoms with Crippen LogP contribution < -0.4 is 10.6 Å². The van der Waals surface area contributed by atoms with Crippen LogP contribution in [0, 0.1) is 0 Å². The molecule has 0 aromatic carbocycles. The molecule has 0 atom stereocenters. The molecule has 0 aromatic heterocycles. The Labute approximate surface area is 91.2 Å². The molecule has 0 saturated heterocycles. The van der Waals surface area contributed by atoms with Crippen molar-refractivity contribution in [1.82, 2.24) is 15.5 Å². The molecule has 0 fully saturated rings. The van der Waals surface area contributed by atoms with Crippen molar-refractivity contribution in [2.24, 2.45) is 0 Å². The Morgan fingerprint density at radius 3 is 2.53 bits per heavy atom. The summed E-state index contributed by atoms with van der Waals surface area (Å²) in [5.41, 5.74) is 0. The van der Waals surface area contributed by atoms with E-state index in [1.165, 1.54) is 0 Å². The SMILES string of the molecule is CCN(C)C(=O)CNCCCC(=O)NC. The maximum atomic E-state index is 11.3. The van der Waals surface area contributed by atoms with Crippen LogP contribution >= 0.6 is 0 Å². The van der Waals surface area contributed by atoms with E-state index in [4.69, 9.17) is 0 Å². The standard InChI is InChI=1S/C10H21N3O2/c1-4-13(3)10(15)8-12-7-5-6-9(14)11-2/h12H,4-8H2,1-3H3,(H,11,14). The molecule has 0 aliphatic rings. The van der Waals surface area contributed by atoms with Crippen molar-refractivity contribution in [2.75, 3.05) is 33.7 Å². The van der Waals surface area contributed by atoms with Gasteiger partial charge in [-0.05, 0) is 19.9 Å². The third kappa shape index (κ3) is 6.90. The number of carbonyl (C=O) groups is 2. The predicted octanol–water partition coefficient (Wildman–Crippen LogP) is -0.419. The number of amides is 2. The molecular formula is C10H21N3O2. The van der Waals surface area contributed by atoms with E-state index in [1.54, 1.807) is 19.0 Å². The van der Waals surface area contributed by atoms with Crippen LogP contribution in [-0.2, 0) is 9.59 Å². The molecule has 0 spiro atoms. The quantitative estimate of drug-likeness (QED) is 0.567. The van der Waals surface area contributed by atoms with E-state index in [1.807, 2.05) is 6.92 Å². The average molecular weight is 215 g/mol. The molecule has 0 aromatic rings. The van der Waals surface area contributed by atoms with Crippen LogP contribution in [0.2, 0.25) is 0 Å². The van der Waals surface area contributed by atoms with E-state index in [0.717, 1.165) is 13.0 Å². The molecule has 0 aliphatic carbocycles. The van der Waals surface area contributed by atoms with Gasteiger partial charge in [-0.1, -0.05) is 0 Å². The lowest BCUT2D eigenvalue weighted by molar-refractivity contribution is -0.128. The lowest BCUT2D eigenvalue weighted by Crippen LogP contribution is -2.35. The van der Waals surface area contributed by atoms with Crippen LogP contribution in [0.1, 0.15) is 19.8 Å². The highest BCUT2D eigenvalue weighted by molar-refractivity contribution is 5.78. The van der Waals surface area contributed by atoms with Gasteiger partial charge in [-0.2, -0.15) is 0 Å². The molecule has 0 bridgehead atoms. The van der Waals surface area contributed by atoms with Crippen molar-refractivity contribution in [3.63, 3.8) is 0 Å². The Balaban J connectivity index is 3.39. The lowest BCUT2D eigenvalue weighted by Gasteiger charge is -2.14. The Kier molecular flexibility index (Phi) is 7.62. The summed E-state index contributed by atoms with van der Waals surface area (Å²) in [6.07, 6.45) is 1.25. The average Bonchev–Trinajstić information content (AvgIpc) is 2.26. The molecule has 5 heteroatoms. The summed E-state index contributed by atoms with van der Waals surface area (Å²) >= 11 is 0. The van der Waals surface area contributed by atoms with Gasteiger partial charge in [0, 0.05) is 27.1 Å². The van der Waals surface area contributed by atoms with Crippen LogP contribution in [-0.4, -0.2) is 50.4 Å². The van der Waals surface area contributed by atoms with Gasteiger partial charge in [-0.25, -0.2) is 0 Å². The molecule has 0 rings (SSSR count). The predicted molar refractivity (Wildman–Crippen MR) is 59.5 cm³/mol. The summed E-state index contributed by atoms with van der Waals surface area (Å²) < 4.78 is 0. The van der Waals surface area contributed by atoms with Gasteiger partial charge in [-0.15, -0.1) is 0 Å². The van der Waals surface area contributed by atoms with Gasteiger partial charge in [0.25, 0.3) is 0 Å². The minimum absolute atomic E-state index is 0.0359. The smallest absolute Gasteiger partial charge is 0.236 e. The minimum atomic E-state index is 0.0359. The molecule has 0 saturated carbocycles. The van der Waals surface area contributed by atoms with Gasteiger partial charge in [0.15, 0.2) is 0 Å². The van der Waals surface area contributed by atoms with Gasteiger partial charge in [-0.3, -0.25) is 9.59 Å². The molecule has 2 N–H and O–H groups in total. The van der Waals surface area contributed by atoms with Crippen molar-refractivity contribution in [3.8, 4) is 0 Å². The van der Waals surface area contributed by atoms with Gasteiger partial charge in [0.1, 0.15) is 0 Å². The first-order valence-electron chi connectivity index (χ1n) is 5.27. The molecule has 0 heterocycles. The molecule has 0 aliphatic heterocycles. The summed E-state index contributed by atoms with van der Waals surface area (Å²) in [6.45, 7) is 3.69. The van der Waals surface area contributed by atoms with Crippen molar-refractivity contribution < 1.29 is 9.59 Å². The number of rotatable bonds is 7. The second kappa shape index (κ2) is 8.23. The number of hydrogen-bond donors (Lipinski definition) is 2. The van der Waals surface area contributed by atoms with Crippen molar-refractivity contribution in [3.05, 3.63) is 0 Å². The maximum Gasteiger partial charge on any atom is 0.236 e. The zero-order valence-electron chi connectivity index (χ0n) is 9.80. The fourth-order valence-corrected chi connectivity index (χ4v) is 1.01. The highest BCUT2D eigenvalue weighted by atomic mass is 16.2. The Morgan fingerprint density at radius 1 is 1.33 bits per heavy atom. The third-order valence-electron chi connectivity index (χ3n) is 2.21. The monoisotopic (exact) mass is 215 g/mol. The third-order valence-corrected chi connectivity index (χ3v) is 2.21. The van der Waals surface area contributed by atoms with E-state index in [9.17, 15) is 9.59 Å². The lowest BCUT2D eigenvalue weighted by atomic mass is 10.3. The topological polar surface area (TPSA) is 61.4 Å². The molecule has 15 heavy (non-hydrogen) atoms. The number of hydrogen-bond acceptors (Lipinski definition) is 3. The Hall–Kier alpha value is -1.10. The highest BCUT2D eigenvalue weighted by Gasteiger charge is 2.04. The summed E-state index contributed by atoms with van der Waals surface area (Å²) in [4.78, 5) is 23.8. The van der Waals surface area contributed by atoms with Gasteiger partial charge >= 0.3 is 0 Å². The van der Waals surface area contributed by atoms with Crippen molar-refractivity contribution in [2.45, 2.75) is 19.8 Å². The second-order valence-corrected chi connectivity index (χ2v) is 3.36. The van der Waals surface area contributed by atoms with E-state index >= 15 is 0 Å². The first-order valence-corrected chi connectivity index (χ1v) is 5.27. The molecule has 88 valence electrons. The van der Waals surface area contributed by atoms with E-state index < -0.39 is 0 Å². The fraction of sp³-hybridized carbons (Fsp3) is 0.800. The van der Waals surface area contributed by atoms with Crippen molar-refractivity contribution >= 4 is 11.8 Å².